The van der Waals surface area contributed by atoms with Gasteiger partial charge in [-0.05, 0) is 43.7 Å². The first-order chi connectivity index (χ1) is 13.1. The molecular weight excluding hydrogens is 402 g/mol. The molecule has 27 heavy (non-hydrogen) atoms. The summed E-state index contributed by atoms with van der Waals surface area (Å²) in [7, 11) is 2.13. The molecule has 5 heteroatoms. The van der Waals surface area contributed by atoms with Crippen LogP contribution in [0.4, 0.5) is 5.69 Å². The molecular formula is C22H26BrN3O. The first-order valence-corrected chi connectivity index (χ1v) is 10.5. The maximum absolute atomic E-state index is 13.6. The van der Waals surface area contributed by atoms with Crippen LogP contribution in [0.15, 0.2) is 53.0 Å². The third-order valence-corrected chi connectivity index (χ3v) is 6.16. The zero-order valence-electron chi connectivity index (χ0n) is 15.8. The molecule has 4 rings (SSSR count). The SMILES string of the molecule is CN1CCN(C(=O)c2ccc(Br)cc2N2CCCC2)C(c2ccccc2)C1. The standard InChI is InChI=1S/C22H26BrN3O/c1-24-13-14-26(21(16-24)17-7-3-2-4-8-17)22(27)19-10-9-18(23)15-20(19)25-11-5-6-12-25/h2-4,7-10,15,21H,5-6,11-14,16H2,1H3. The Morgan fingerprint density at radius 1 is 1.00 bits per heavy atom. The van der Waals surface area contributed by atoms with Gasteiger partial charge in [0.15, 0.2) is 0 Å². The van der Waals surface area contributed by atoms with E-state index in [0.717, 1.165) is 48.4 Å². The second kappa shape index (κ2) is 8.03. The number of halogens is 1. The van der Waals surface area contributed by atoms with Crippen molar-refractivity contribution in [2.24, 2.45) is 0 Å². The van der Waals surface area contributed by atoms with E-state index in [-0.39, 0.29) is 11.9 Å². The molecule has 2 aliphatic heterocycles. The quantitative estimate of drug-likeness (QED) is 0.734. The van der Waals surface area contributed by atoms with Crippen LogP contribution in [0.25, 0.3) is 0 Å². The Kier molecular flexibility index (Phi) is 5.50. The zero-order chi connectivity index (χ0) is 18.8. The summed E-state index contributed by atoms with van der Waals surface area (Å²) in [5.41, 5.74) is 3.10. The number of anilines is 1. The average Bonchev–Trinajstić information content (AvgIpc) is 3.23. The minimum atomic E-state index is 0.0903. The summed E-state index contributed by atoms with van der Waals surface area (Å²) in [6, 6.07) is 16.6. The van der Waals surface area contributed by atoms with Gasteiger partial charge >= 0.3 is 0 Å². The van der Waals surface area contributed by atoms with Crippen molar-refractivity contribution in [1.29, 1.82) is 0 Å². The molecule has 0 aromatic heterocycles. The van der Waals surface area contributed by atoms with Gasteiger partial charge in [-0.3, -0.25) is 4.79 Å². The Balaban J connectivity index is 1.68. The van der Waals surface area contributed by atoms with Gasteiger partial charge in [-0.25, -0.2) is 0 Å². The molecule has 0 N–H and O–H groups in total. The van der Waals surface area contributed by atoms with E-state index in [2.05, 4.69) is 68.0 Å². The number of hydrogen-bond donors (Lipinski definition) is 0. The largest absolute Gasteiger partial charge is 0.371 e. The number of carbonyl (C=O) groups excluding carboxylic acids is 1. The highest BCUT2D eigenvalue weighted by Crippen LogP contribution is 2.32. The number of amides is 1. The molecule has 0 radical (unpaired) electrons. The van der Waals surface area contributed by atoms with E-state index in [1.165, 1.54) is 18.4 Å². The summed E-state index contributed by atoms with van der Waals surface area (Å²) < 4.78 is 1.03. The maximum Gasteiger partial charge on any atom is 0.256 e. The summed E-state index contributed by atoms with van der Waals surface area (Å²) in [5.74, 6) is 0.145. The molecule has 0 spiro atoms. The van der Waals surface area contributed by atoms with Gasteiger partial charge < -0.3 is 14.7 Å². The molecule has 2 saturated heterocycles. The number of carbonyl (C=O) groups is 1. The van der Waals surface area contributed by atoms with Crippen LogP contribution in [0.2, 0.25) is 0 Å². The van der Waals surface area contributed by atoms with Crippen LogP contribution in [0.1, 0.15) is 34.8 Å². The van der Waals surface area contributed by atoms with E-state index in [9.17, 15) is 4.79 Å². The molecule has 142 valence electrons. The number of piperazine rings is 1. The number of hydrogen-bond acceptors (Lipinski definition) is 3. The number of nitrogens with zero attached hydrogens (tertiary/aromatic N) is 3. The third-order valence-electron chi connectivity index (χ3n) is 5.67. The molecule has 2 aromatic carbocycles. The Morgan fingerprint density at radius 3 is 2.48 bits per heavy atom. The van der Waals surface area contributed by atoms with E-state index < -0.39 is 0 Å². The first kappa shape index (κ1) is 18.5. The van der Waals surface area contributed by atoms with Crippen LogP contribution < -0.4 is 4.90 Å². The van der Waals surface area contributed by atoms with Crippen molar-refractivity contribution >= 4 is 27.5 Å². The predicted molar refractivity (Wildman–Crippen MR) is 113 cm³/mol. The fraction of sp³-hybridized carbons (Fsp3) is 0.409. The topological polar surface area (TPSA) is 26.8 Å². The average molecular weight is 428 g/mol. The highest BCUT2D eigenvalue weighted by molar-refractivity contribution is 9.10. The van der Waals surface area contributed by atoms with Gasteiger partial charge in [0.1, 0.15) is 0 Å². The van der Waals surface area contributed by atoms with Crippen molar-refractivity contribution in [1.82, 2.24) is 9.80 Å². The minimum absolute atomic E-state index is 0.0903. The lowest BCUT2D eigenvalue weighted by molar-refractivity contribution is 0.0498. The van der Waals surface area contributed by atoms with Gasteiger partial charge in [0.25, 0.3) is 5.91 Å². The fourth-order valence-corrected chi connectivity index (χ4v) is 4.53. The molecule has 1 atom stereocenters. The van der Waals surface area contributed by atoms with E-state index in [0.29, 0.717) is 0 Å². The molecule has 2 aromatic rings. The normalized spacial score (nSPS) is 20.9. The van der Waals surface area contributed by atoms with E-state index in [1.54, 1.807) is 0 Å². The lowest BCUT2D eigenvalue weighted by atomic mass is 10.0. The van der Waals surface area contributed by atoms with Crippen molar-refractivity contribution < 1.29 is 4.79 Å². The van der Waals surface area contributed by atoms with Crippen LogP contribution in [-0.2, 0) is 0 Å². The zero-order valence-corrected chi connectivity index (χ0v) is 17.4. The summed E-state index contributed by atoms with van der Waals surface area (Å²) >= 11 is 3.59. The lowest BCUT2D eigenvalue weighted by Crippen LogP contribution is -2.49. The molecule has 1 unspecified atom stereocenters. The highest BCUT2D eigenvalue weighted by atomic mass is 79.9. The number of rotatable bonds is 3. The molecule has 2 heterocycles. The van der Waals surface area contributed by atoms with Crippen molar-refractivity contribution in [2.75, 3.05) is 44.7 Å². The van der Waals surface area contributed by atoms with Crippen LogP contribution in [0.3, 0.4) is 0 Å². The summed E-state index contributed by atoms with van der Waals surface area (Å²) in [6.07, 6.45) is 2.39. The monoisotopic (exact) mass is 427 g/mol. The van der Waals surface area contributed by atoms with Crippen molar-refractivity contribution in [2.45, 2.75) is 18.9 Å². The molecule has 4 nitrogen and oxygen atoms in total. The Bertz CT molecular complexity index is 804. The minimum Gasteiger partial charge on any atom is -0.371 e. The van der Waals surface area contributed by atoms with Crippen molar-refractivity contribution in [3.63, 3.8) is 0 Å². The Morgan fingerprint density at radius 2 is 1.74 bits per heavy atom. The van der Waals surface area contributed by atoms with E-state index >= 15 is 0 Å². The second-order valence-corrected chi connectivity index (χ2v) is 8.46. The first-order valence-electron chi connectivity index (χ1n) is 9.72. The number of likely N-dealkylation sites (N-methyl/N-ethyl adjacent to an activating group) is 1. The second-order valence-electron chi connectivity index (χ2n) is 7.54. The lowest BCUT2D eigenvalue weighted by Gasteiger charge is -2.41. The smallest absolute Gasteiger partial charge is 0.256 e. The van der Waals surface area contributed by atoms with Gasteiger partial charge in [0.2, 0.25) is 0 Å². The predicted octanol–water partition coefficient (Wildman–Crippen LogP) is 4.18. The molecule has 0 saturated carbocycles. The van der Waals surface area contributed by atoms with Crippen LogP contribution in [0.5, 0.6) is 0 Å². The van der Waals surface area contributed by atoms with Crippen molar-refractivity contribution in [3.05, 3.63) is 64.1 Å². The molecule has 2 aliphatic rings. The van der Waals surface area contributed by atoms with Gasteiger partial charge in [0.05, 0.1) is 17.3 Å². The third kappa shape index (κ3) is 3.90. The molecule has 1 amide bonds. The van der Waals surface area contributed by atoms with Gasteiger partial charge in [0, 0.05) is 37.2 Å². The van der Waals surface area contributed by atoms with Gasteiger partial charge in [-0.15, -0.1) is 0 Å². The van der Waals surface area contributed by atoms with E-state index in [1.807, 2.05) is 18.2 Å². The summed E-state index contributed by atoms with van der Waals surface area (Å²) in [5, 5.41) is 0. The van der Waals surface area contributed by atoms with Crippen LogP contribution >= 0.6 is 15.9 Å². The molecule has 0 aliphatic carbocycles. The van der Waals surface area contributed by atoms with Crippen LogP contribution in [0, 0.1) is 0 Å². The van der Waals surface area contributed by atoms with Crippen molar-refractivity contribution in [3.8, 4) is 0 Å². The van der Waals surface area contributed by atoms with Crippen LogP contribution in [-0.4, -0.2) is 55.5 Å². The highest BCUT2D eigenvalue weighted by Gasteiger charge is 2.32. The Labute approximate surface area is 169 Å². The Hall–Kier alpha value is -1.85. The maximum atomic E-state index is 13.6. The summed E-state index contributed by atoms with van der Waals surface area (Å²) in [4.78, 5) is 20.4. The molecule has 2 fully saturated rings. The molecule has 0 bridgehead atoms. The van der Waals surface area contributed by atoms with Gasteiger partial charge in [-0.2, -0.15) is 0 Å². The van der Waals surface area contributed by atoms with E-state index in [4.69, 9.17) is 0 Å². The fourth-order valence-electron chi connectivity index (χ4n) is 4.18. The number of benzene rings is 2. The van der Waals surface area contributed by atoms with Gasteiger partial charge in [-0.1, -0.05) is 46.3 Å². The summed E-state index contributed by atoms with van der Waals surface area (Å²) in [6.45, 7) is 4.59.